The second-order valence-electron chi connectivity index (χ2n) is 9.03. The lowest BCUT2D eigenvalue weighted by Crippen LogP contribution is -2.54. The molecule has 5 heteroatoms. The normalized spacial score (nSPS) is 31.1. The van der Waals surface area contributed by atoms with Gasteiger partial charge < -0.3 is 18.9 Å². The molecule has 1 fully saturated rings. The summed E-state index contributed by atoms with van der Waals surface area (Å²) in [6.07, 6.45) is 2.27. The average molecular weight is 421 g/mol. The fraction of sp³-hybridized carbons (Fsp3) is 0.423. The van der Waals surface area contributed by atoms with Crippen molar-refractivity contribution in [2.24, 2.45) is 23.2 Å². The molecule has 0 radical (unpaired) electrons. The zero-order chi connectivity index (χ0) is 21.6. The second kappa shape index (κ2) is 7.72. The molecule has 1 saturated heterocycles. The largest absolute Gasteiger partial charge is 0.461 e. The molecule has 5 atom stereocenters. The van der Waals surface area contributed by atoms with Crippen molar-refractivity contribution in [1.82, 2.24) is 0 Å². The zero-order valence-corrected chi connectivity index (χ0v) is 18.2. The summed E-state index contributed by atoms with van der Waals surface area (Å²) in [5.41, 5.74) is 2.75. The maximum absolute atomic E-state index is 12.6. The van der Waals surface area contributed by atoms with Gasteiger partial charge in [0.2, 0.25) is 6.79 Å². The van der Waals surface area contributed by atoms with E-state index in [4.69, 9.17) is 18.9 Å². The molecule has 0 N–H and O–H groups in total. The van der Waals surface area contributed by atoms with E-state index in [9.17, 15) is 4.79 Å². The van der Waals surface area contributed by atoms with Gasteiger partial charge in [-0.3, -0.25) is 0 Å². The Hall–Kier alpha value is -2.79. The average Bonchev–Trinajstić information content (AvgIpc) is 3.25. The van der Waals surface area contributed by atoms with Gasteiger partial charge in [0.25, 0.3) is 0 Å². The van der Waals surface area contributed by atoms with Crippen LogP contribution in [0, 0.1) is 23.2 Å². The van der Waals surface area contributed by atoms with Gasteiger partial charge in [0.15, 0.2) is 11.5 Å². The molecule has 2 heterocycles. The first-order valence-corrected chi connectivity index (χ1v) is 10.9. The summed E-state index contributed by atoms with van der Waals surface area (Å²) in [7, 11) is 0. The van der Waals surface area contributed by atoms with Crippen molar-refractivity contribution in [1.29, 1.82) is 0 Å². The topological polar surface area (TPSA) is 54.0 Å². The summed E-state index contributed by atoms with van der Waals surface area (Å²) in [4.78, 5) is 12.6. The van der Waals surface area contributed by atoms with Crippen LogP contribution >= 0.6 is 0 Å². The molecule has 2 aliphatic heterocycles. The van der Waals surface area contributed by atoms with Crippen LogP contribution in [0.25, 0.3) is 0 Å². The van der Waals surface area contributed by atoms with Gasteiger partial charge in [-0.2, -0.15) is 0 Å². The van der Waals surface area contributed by atoms with E-state index in [-0.39, 0.29) is 36.1 Å². The Balaban J connectivity index is 1.40. The van der Waals surface area contributed by atoms with Gasteiger partial charge in [-0.25, -0.2) is 4.79 Å². The van der Waals surface area contributed by atoms with Crippen LogP contribution in [0.2, 0.25) is 0 Å². The van der Waals surface area contributed by atoms with Crippen molar-refractivity contribution >= 4 is 5.97 Å². The van der Waals surface area contributed by atoms with Gasteiger partial charge in [0.1, 0.15) is 6.61 Å². The molecule has 2 aromatic carbocycles. The lowest BCUT2D eigenvalue weighted by Gasteiger charge is -2.55. The molecule has 31 heavy (non-hydrogen) atoms. The van der Waals surface area contributed by atoms with Crippen LogP contribution in [0.15, 0.2) is 60.2 Å². The first-order chi connectivity index (χ1) is 15.0. The summed E-state index contributed by atoms with van der Waals surface area (Å²) >= 11 is 0. The molecule has 1 aliphatic carbocycles. The number of hydrogen-bond acceptors (Lipinski definition) is 5. The number of benzene rings is 2. The van der Waals surface area contributed by atoms with Crippen LogP contribution in [-0.2, 0) is 9.47 Å². The van der Waals surface area contributed by atoms with E-state index in [2.05, 4.69) is 32.9 Å². The van der Waals surface area contributed by atoms with Gasteiger partial charge in [-0.15, -0.1) is 0 Å². The monoisotopic (exact) mass is 420 g/mol. The Morgan fingerprint density at radius 1 is 1.10 bits per heavy atom. The van der Waals surface area contributed by atoms with E-state index >= 15 is 0 Å². The Labute approximate surface area is 183 Å². The van der Waals surface area contributed by atoms with Crippen LogP contribution in [0.3, 0.4) is 0 Å². The van der Waals surface area contributed by atoms with E-state index in [1.807, 2.05) is 30.3 Å². The van der Waals surface area contributed by atoms with Crippen molar-refractivity contribution in [2.75, 3.05) is 20.0 Å². The third-order valence-electron chi connectivity index (χ3n) is 7.46. The molecule has 2 bridgehead atoms. The number of allylic oxidation sites excluding steroid dienone is 1. The van der Waals surface area contributed by atoms with Gasteiger partial charge in [-0.05, 0) is 48.6 Å². The summed E-state index contributed by atoms with van der Waals surface area (Å²) in [5, 5.41) is 0. The molecule has 0 spiro atoms. The predicted molar refractivity (Wildman–Crippen MR) is 116 cm³/mol. The summed E-state index contributed by atoms with van der Waals surface area (Å²) < 4.78 is 23.4. The molecule has 2 aromatic rings. The number of fused-ring (bicyclic) bond motifs is 3. The molecule has 5 rings (SSSR count). The minimum absolute atomic E-state index is 0.0637. The fourth-order valence-corrected chi connectivity index (χ4v) is 5.51. The Kier molecular flexibility index (Phi) is 5.01. The van der Waals surface area contributed by atoms with E-state index in [0.717, 1.165) is 17.1 Å². The highest BCUT2D eigenvalue weighted by molar-refractivity contribution is 5.89. The molecule has 0 saturated carbocycles. The van der Waals surface area contributed by atoms with Crippen molar-refractivity contribution < 1.29 is 23.7 Å². The molecule has 162 valence electrons. The van der Waals surface area contributed by atoms with Crippen LogP contribution in [0.1, 0.15) is 42.8 Å². The summed E-state index contributed by atoms with van der Waals surface area (Å²) in [6.45, 7) is 7.81. The minimum Gasteiger partial charge on any atom is -0.461 e. The first-order valence-electron chi connectivity index (χ1n) is 10.9. The van der Waals surface area contributed by atoms with Crippen LogP contribution in [-0.4, -0.2) is 26.0 Å². The second-order valence-corrected chi connectivity index (χ2v) is 9.03. The van der Waals surface area contributed by atoms with E-state index < -0.39 is 0 Å². The highest BCUT2D eigenvalue weighted by Gasteiger charge is 2.54. The minimum atomic E-state index is -0.282. The van der Waals surface area contributed by atoms with Crippen LogP contribution < -0.4 is 9.47 Å². The van der Waals surface area contributed by atoms with Crippen molar-refractivity contribution in [3.8, 4) is 11.5 Å². The maximum atomic E-state index is 12.6. The number of rotatable bonds is 4. The van der Waals surface area contributed by atoms with Crippen LogP contribution in [0.5, 0.6) is 11.5 Å². The van der Waals surface area contributed by atoms with E-state index in [1.54, 1.807) is 12.1 Å². The van der Waals surface area contributed by atoms with Crippen molar-refractivity contribution in [3.05, 3.63) is 71.3 Å². The van der Waals surface area contributed by atoms with Gasteiger partial charge >= 0.3 is 5.97 Å². The van der Waals surface area contributed by atoms with Gasteiger partial charge in [0, 0.05) is 11.3 Å². The lowest BCUT2D eigenvalue weighted by atomic mass is 9.56. The quantitative estimate of drug-likeness (QED) is 0.504. The molecule has 0 unspecified atom stereocenters. The summed E-state index contributed by atoms with van der Waals surface area (Å²) in [5.74, 6) is 2.02. The van der Waals surface area contributed by atoms with E-state index in [0.29, 0.717) is 24.7 Å². The Bertz CT molecular complexity index is 1010. The van der Waals surface area contributed by atoms with Crippen molar-refractivity contribution in [3.63, 3.8) is 0 Å². The zero-order valence-electron chi connectivity index (χ0n) is 18.2. The Morgan fingerprint density at radius 3 is 2.68 bits per heavy atom. The van der Waals surface area contributed by atoms with E-state index in [1.165, 1.54) is 5.57 Å². The van der Waals surface area contributed by atoms with Gasteiger partial charge in [-0.1, -0.05) is 49.8 Å². The third-order valence-corrected chi connectivity index (χ3v) is 7.46. The number of carbonyl (C=O) groups excluding carboxylic acids is 1. The molecule has 0 aromatic heterocycles. The Morgan fingerprint density at radius 2 is 1.87 bits per heavy atom. The molecule has 0 amide bonds. The third kappa shape index (κ3) is 3.32. The smallest absolute Gasteiger partial charge is 0.338 e. The standard InChI is InChI=1S/C26H28O5/c1-16-11-17(2)26(14-29-25(27)19-7-5-4-6-8-19)13-28-24(23(16)18(26)3)20-9-10-21-22(12-20)31-15-30-21/h4-12,17-18,23-24H,13-15H2,1-3H3/t17-,18-,23+,24-,26+/m1/s1. The number of ether oxygens (including phenoxy) is 4. The van der Waals surface area contributed by atoms with Crippen LogP contribution in [0.4, 0.5) is 0 Å². The molecular formula is C26H28O5. The maximum Gasteiger partial charge on any atom is 0.338 e. The fourth-order valence-electron chi connectivity index (χ4n) is 5.51. The number of carbonyl (C=O) groups is 1. The highest BCUT2D eigenvalue weighted by atomic mass is 16.7. The molecule has 3 aliphatic rings. The molecular weight excluding hydrogens is 392 g/mol. The van der Waals surface area contributed by atoms with Gasteiger partial charge in [0.05, 0.1) is 18.3 Å². The molecule has 5 nitrogen and oxygen atoms in total. The number of esters is 1. The summed E-state index contributed by atoms with van der Waals surface area (Å²) in [6, 6.07) is 15.2. The lowest BCUT2D eigenvalue weighted by molar-refractivity contribution is -0.166. The predicted octanol–water partition coefficient (Wildman–Crippen LogP) is 5.18. The highest BCUT2D eigenvalue weighted by Crippen LogP contribution is 2.56. The number of hydrogen-bond donors (Lipinski definition) is 0. The SMILES string of the molecule is CC1=C[C@@H](C)[C@@]2(COC(=O)c3ccccc3)CO[C@H](c3ccc4c(c3)OCO4)[C@@H]1[C@H]2C. The first kappa shape index (κ1) is 20.1. The van der Waals surface area contributed by atoms with Crippen molar-refractivity contribution in [2.45, 2.75) is 26.9 Å².